The molecule has 5 heteroatoms. The summed E-state index contributed by atoms with van der Waals surface area (Å²) in [5.41, 5.74) is 0.173. The zero-order chi connectivity index (χ0) is 13.3. The average Bonchev–Trinajstić information content (AvgIpc) is 2.71. The number of thiophene rings is 1. The third kappa shape index (κ3) is 2.91. The SMILES string of the molecule is CC(C)(O)CCN1CCc2sccc2C1C(=O)O. The summed E-state index contributed by atoms with van der Waals surface area (Å²) in [7, 11) is 0. The van der Waals surface area contributed by atoms with E-state index in [-0.39, 0.29) is 0 Å². The minimum absolute atomic E-state index is 0.553. The maximum atomic E-state index is 11.5. The van der Waals surface area contributed by atoms with Gasteiger partial charge in [-0.3, -0.25) is 9.69 Å². The fraction of sp³-hybridized carbons (Fsp3) is 0.615. The largest absolute Gasteiger partial charge is 0.480 e. The van der Waals surface area contributed by atoms with E-state index in [1.165, 1.54) is 4.88 Å². The molecule has 4 nitrogen and oxygen atoms in total. The number of aliphatic carboxylic acids is 1. The summed E-state index contributed by atoms with van der Waals surface area (Å²) in [4.78, 5) is 14.6. The summed E-state index contributed by atoms with van der Waals surface area (Å²) >= 11 is 1.63. The quantitative estimate of drug-likeness (QED) is 0.876. The molecule has 1 aliphatic rings. The Balaban J connectivity index is 2.15. The lowest BCUT2D eigenvalue weighted by Crippen LogP contribution is -2.41. The molecule has 0 fully saturated rings. The number of carboxylic acids is 1. The Morgan fingerprint density at radius 2 is 2.33 bits per heavy atom. The number of rotatable bonds is 4. The van der Waals surface area contributed by atoms with Gasteiger partial charge in [-0.25, -0.2) is 0 Å². The van der Waals surface area contributed by atoms with Crippen LogP contribution in [0.2, 0.25) is 0 Å². The number of hydrogen-bond acceptors (Lipinski definition) is 4. The number of carboxylic acid groups (broad SMARTS) is 1. The van der Waals surface area contributed by atoms with Gasteiger partial charge in [0.1, 0.15) is 6.04 Å². The standard InChI is InChI=1S/C13H19NO3S/c1-13(2,17)5-7-14-6-3-10-9(4-8-18-10)11(14)12(15)16/h4,8,11,17H,3,5-7H2,1-2H3,(H,15,16). The van der Waals surface area contributed by atoms with E-state index in [9.17, 15) is 15.0 Å². The van der Waals surface area contributed by atoms with Gasteiger partial charge in [-0.05, 0) is 43.7 Å². The second-order valence-corrected chi connectivity index (χ2v) is 6.39. The molecule has 100 valence electrons. The van der Waals surface area contributed by atoms with Crippen LogP contribution in [-0.2, 0) is 11.2 Å². The van der Waals surface area contributed by atoms with Gasteiger partial charge in [0, 0.05) is 18.0 Å². The Labute approximate surface area is 111 Å². The van der Waals surface area contributed by atoms with Gasteiger partial charge in [0.2, 0.25) is 0 Å². The maximum absolute atomic E-state index is 11.5. The van der Waals surface area contributed by atoms with Crippen LogP contribution in [0.1, 0.15) is 36.8 Å². The normalized spacial score (nSPS) is 20.7. The first kappa shape index (κ1) is 13.5. The highest BCUT2D eigenvalue weighted by molar-refractivity contribution is 7.10. The molecule has 2 rings (SSSR count). The third-order valence-corrected chi connectivity index (χ3v) is 4.31. The maximum Gasteiger partial charge on any atom is 0.325 e. The Kier molecular flexibility index (Phi) is 3.75. The fourth-order valence-electron chi connectivity index (χ4n) is 2.32. The van der Waals surface area contributed by atoms with Crippen molar-refractivity contribution < 1.29 is 15.0 Å². The minimum Gasteiger partial charge on any atom is -0.480 e. The van der Waals surface area contributed by atoms with Crippen molar-refractivity contribution in [2.75, 3.05) is 13.1 Å². The highest BCUT2D eigenvalue weighted by Crippen LogP contribution is 2.33. The van der Waals surface area contributed by atoms with Crippen molar-refractivity contribution in [1.82, 2.24) is 4.90 Å². The summed E-state index contributed by atoms with van der Waals surface area (Å²) < 4.78 is 0. The van der Waals surface area contributed by atoms with E-state index in [4.69, 9.17) is 0 Å². The first-order valence-corrected chi connectivity index (χ1v) is 7.02. The number of nitrogens with zero attached hydrogens (tertiary/aromatic N) is 1. The monoisotopic (exact) mass is 269 g/mol. The fourth-order valence-corrected chi connectivity index (χ4v) is 3.22. The van der Waals surface area contributed by atoms with Gasteiger partial charge in [-0.1, -0.05) is 0 Å². The molecule has 1 aliphatic heterocycles. The minimum atomic E-state index is -0.801. The molecule has 0 amide bonds. The zero-order valence-corrected chi connectivity index (χ0v) is 11.5. The van der Waals surface area contributed by atoms with E-state index in [0.29, 0.717) is 13.0 Å². The van der Waals surface area contributed by atoms with Gasteiger partial charge in [0.25, 0.3) is 0 Å². The number of fused-ring (bicyclic) bond motifs is 1. The predicted octanol–water partition coefficient (Wildman–Crippen LogP) is 1.89. The molecule has 2 heterocycles. The molecule has 1 unspecified atom stereocenters. The van der Waals surface area contributed by atoms with Crippen LogP contribution >= 0.6 is 11.3 Å². The van der Waals surface area contributed by atoms with E-state index < -0.39 is 17.6 Å². The van der Waals surface area contributed by atoms with Crippen molar-refractivity contribution in [2.45, 2.75) is 38.3 Å². The Bertz CT molecular complexity index is 436. The van der Waals surface area contributed by atoms with Crippen LogP contribution < -0.4 is 0 Å². The van der Waals surface area contributed by atoms with Crippen molar-refractivity contribution in [3.63, 3.8) is 0 Å². The van der Waals surface area contributed by atoms with Crippen molar-refractivity contribution in [1.29, 1.82) is 0 Å². The molecule has 18 heavy (non-hydrogen) atoms. The molecular formula is C13H19NO3S. The molecule has 0 aliphatic carbocycles. The summed E-state index contributed by atoms with van der Waals surface area (Å²) in [6.45, 7) is 4.86. The van der Waals surface area contributed by atoms with E-state index in [0.717, 1.165) is 18.5 Å². The van der Waals surface area contributed by atoms with Crippen molar-refractivity contribution in [2.24, 2.45) is 0 Å². The summed E-state index contributed by atoms with van der Waals surface area (Å²) in [6.07, 6.45) is 1.49. The number of carbonyl (C=O) groups is 1. The second-order valence-electron chi connectivity index (χ2n) is 5.39. The molecule has 0 saturated carbocycles. The summed E-state index contributed by atoms with van der Waals surface area (Å²) in [6, 6.07) is 1.36. The number of hydrogen-bond donors (Lipinski definition) is 2. The van der Waals surface area contributed by atoms with Crippen molar-refractivity contribution in [3.05, 3.63) is 21.9 Å². The zero-order valence-electron chi connectivity index (χ0n) is 10.7. The van der Waals surface area contributed by atoms with E-state index in [2.05, 4.69) is 0 Å². The van der Waals surface area contributed by atoms with Crippen molar-refractivity contribution >= 4 is 17.3 Å². The van der Waals surface area contributed by atoms with E-state index >= 15 is 0 Å². The highest BCUT2D eigenvalue weighted by atomic mass is 32.1. The average molecular weight is 269 g/mol. The summed E-state index contributed by atoms with van der Waals surface area (Å²) in [5.74, 6) is -0.801. The summed E-state index contributed by atoms with van der Waals surface area (Å²) in [5, 5.41) is 21.1. The van der Waals surface area contributed by atoms with Gasteiger partial charge in [-0.2, -0.15) is 0 Å². The third-order valence-electron chi connectivity index (χ3n) is 3.31. The van der Waals surface area contributed by atoms with Crippen LogP contribution in [0.5, 0.6) is 0 Å². The van der Waals surface area contributed by atoms with Crippen LogP contribution in [0.4, 0.5) is 0 Å². The van der Waals surface area contributed by atoms with Crippen LogP contribution in [0.15, 0.2) is 11.4 Å². The Hall–Kier alpha value is -0.910. The van der Waals surface area contributed by atoms with Gasteiger partial charge < -0.3 is 10.2 Å². The topological polar surface area (TPSA) is 60.8 Å². The molecular weight excluding hydrogens is 250 g/mol. The van der Waals surface area contributed by atoms with Gasteiger partial charge in [0.15, 0.2) is 0 Å². The first-order chi connectivity index (χ1) is 8.38. The molecule has 1 aromatic heterocycles. The smallest absolute Gasteiger partial charge is 0.325 e. The molecule has 1 aromatic rings. The first-order valence-electron chi connectivity index (χ1n) is 6.14. The molecule has 0 bridgehead atoms. The number of aliphatic hydroxyl groups is 1. The molecule has 2 N–H and O–H groups in total. The highest BCUT2D eigenvalue weighted by Gasteiger charge is 2.34. The van der Waals surface area contributed by atoms with Gasteiger partial charge in [0.05, 0.1) is 5.60 Å². The molecule has 1 atom stereocenters. The Morgan fingerprint density at radius 1 is 1.61 bits per heavy atom. The van der Waals surface area contributed by atoms with E-state index in [1.807, 2.05) is 16.3 Å². The lowest BCUT2D eigenvalue weighted by molar-refractivity contribution is -0.144. The van der Waals surface area contributed by atoms with Gasteiger partial charge >= 0.3 is 5.97 Å². The Morgan fingerprint density at radius 3 is 2.94 bits per heavy atom. The van der Waals surface area contributed by atoms with Gasteiger partial charge in [-0.15, -0.1) is 11.3 Å². The second kappa shape index (κ2) is 4.99. The van der Waals surface area contributed by atoms with Crippen molar-refractivity contribution in [3.8, 4) is 0 Å². The van der Waals surface area contributed by atoms with Crippen LogP contribution in [0, 0.1) is 0 Å². The molecule has 0 spiro atoms. The molecule has 0 aromatic carbocycles. The van der Waals surface area contributed by atoms with E-state index in [1.54, 1.807) is 25.2 Å². The molecule has 0 saturated heterocycles. The lowest BCUT2D eigenvalue weighted by atomic mass is 9.98. The lowest BCUT2D eigenvalue weighted by Gasteiger charge is -2.34. The molecule has 0 radical (unpaired) electrons. The predicted molar refractivity (Wildman–Crippen MR) is 70.9 cm³/mol. The van der Waals surface area contributed by atoms with Crippen LogP contribution in [-0.4, -0.2) is 39.8 Å². The van der Waals surface area contributed by atoms with Crippen LogP contribution in [0.25, 0.3) is 0 Å². The van der Waals surface area contributed by atoms with Crippen LogP contribution in [0.3, 0.4) is 0 Å².